The van der Waals surface area contributed by atoms with E-state index in [1.807, 2.05) is 31.2 Å². The van der Waals surface area contributed by atoms with Crippen molar-refractivity contribution in [1.82, 2.24) is 0 Å². The summed E-state index contributed by atoms with van der Waals surface area (Å²) in [5.74, 6) is 0. The summed E-state index contributed by atoms with van der Waals surface area (Å²) in [6, 6.07) is 7.49. The van der Waals surface area contributed by atoms with Crippen molar-refractivity contribution in [2.45, 2.75) is 19.9 Å². The topological polar surface area (TPSA) is 3.88 Å². The highest BCUT2D eigenvalue weighted by Gasteiger charge is 2.26. The van der Waals surface area contributed by atoms with Crippen molar-refractivity contribution in [3.8, 4) is 0 Å². The summed E-state index contributed by atoms with van der Waals surface area (Å²) in [6.45, 7) is 2.47. The Morgan fingerprint density at radius 3 is 2.60 bits per heavy atom. The molecule has 0 aliphatic rings. The van der Waals surface area contributed by atoms with Gasteiger partial charge in [0, 0.05) is 6.07 Å². The minimum absolute atomic E-state index is 0. The largest absolute Gasteiger partial charge is 1.00 e. The van der Waals surface area contributed by atoms with Gasteiger partial charge in [-0.3, -0.25) is 0 Å². The number of halogens is 3. The fourth-order valence-corrected chi connectivity index (χ4v) is 2.62. The first kappa shape index (κ1) is 12.3. The predicted octanol–water partition coefficient (Wildman–Crippen LogP) is 0.150. The van der Waals surface area contributed by atoms with E-state index >= 15 is 0 Å². The highest BCUT2D eigenvalue weighted by molar-refractivity contribution is 7.18. The zero-order chi connectivity index (χ0) is 10.1. The van der Waals surface area contributed by atoms with Gasteiger partial charge in [0.1, 0.15) is 11.2 Å². The number of thiazole rings is 1. The normalized spacial score (nSPS) is 10.7. The van der Waals surface area contributed by atoms with Crippen LogP contribution in [0.15, 0.2) is 24.3 Å². The molecule has 0 unspecified atom stereocenters. The monoisotopic (exact) mass is 249 g/mol. The zero-order valence-corrected chi connectivity index (χ0v) is 9.66. The van der Waals surface area contributed by atoms with Gasteiger partial charge in [0.15, 0.2) is 0 Å². The van der Waals surface area contributed by atoms with Crippen LogP contribution in [0.3, 0.4) is 0 Å². The minimum Gasteiger partial charge on any atom is -1.00 e. The van der Waals surface area contributed by atoms with Gasteiger partial charge in [-0.1, -0.05) is 23.5 Å². The van der Waals surface area contributed by atoms with Gasteiger partial charge in [0.05, 0.1) is 0 Å². The number of para-hydroxylation sites is 1. The third kappa shape index (κ3) is 2.11. The van der Waals surface area contributed by atoms with Crippen LogP contribution in [-0.2, 0) is 6.54 Å². The van der Waals surface area contributed by atoms with Crippen molar-refractivity contribution in [2.75, 3.05) is 0 Å². The van der Waals surface area contributed by atoms with E-state index in [-0.39, 0.29) is 17.4 Å². The quantitative estimate of drug-likeness (QED) is 0.668. The Labute approximate surface area is 96.8 Å². The predicted molar refractivity (Wildman–Crippen MR) is 52.7 cm³/mol. The summed E-state index contributed by atoms with van der Waals surface area (Å²) < 4.78 is 27.9. The Balaban J connectivity index is 0.00000112. The number of rotatable bonds is 2. The highest BCUT2D eigenvalue weighted by atomic mass is 35.5. The van der Waals surface area contributed by atoms with E-state index in [4.69, 9.17) is 0 Å². The Kier molecular flexibility index (Phi) is 3.99. The number of aryl methyl sites for hydroxylation is 1. The van der Waals surface area contributed by atoms with Crippen LogP contribution < -0.4 is 17.0 Å². The average Bonchev–Trinajstić information content (AvgIpc) is 2.56. The van der Waals surface area contributed by atoms with Crippen molar-refractivity contribution in [1.29, 1.82) is 0 Å². The molecule has 1 heterocycles. The maximum atomic E-state index is 12.6. The van der Waals surface area contributed by atoms with Crippen LogP contribution in [0.25, 0.3) is 10.2 Å². The summed E-state index contributed by atoms with van der Waals surface area (Å²) in [6.07, 6.45) is -2.38. The lowest BCUT2D eigenvalue weighted by atomic mass is 10.3. The minimum atomic E-state index is -2.38. The fraction of sp³-hybridized carbons (Fsp3) is 0.300. The summed E-state index contributed by atoms with van der Waals surface area (Å²) in [5, 5.41) is 0.147. The molecule has 0 amide bonds. The van der Waals surface area contributed by atoms with Crippen LogP contribution in [-0.4, -0.2) is 0 Å². The maximum absolute atomic E-state index is 12.6. The van der Waals surface area contributed by atoms with Crippen LogP contribution >= 0.6 is 11.3 Å². The van der Waals surface area contributed by atoms with E-state index in [0.29, 0.717) is 6.54 Å². The molecule has 0 aliphatic heterocycles. The van der Waals surface area contributed by atoms with E-state index in [9.17, 15) is 8.78 Å². The molecular formula is C10H10ClF2NS. The van der Waals surface area contributed by atoms with Gasteiger partial charge in [0.2, 0.25) is 5.52 Å². The lowest BCUT2D eigenvalue weighted by molar-refractivity contribution is -0.675. The number of benzene rings is 1. The Morgan fingerprint density at radius 1 is 1.33 bits per heavy atom. The van der Waals surface area contributed by atoms with Crippen molar-refractivity contribution in [3.63, 3.8) is 0 Å². The first-order chi connectivity index (χ1) is 6.74. The van der Waals surface area contributed by atoms with Crippen LogP contribution in [0.4, 0.5) is 8.78 Å². The molecule has 1 nitrogen and oxygen atoms in total. The molecule has 0 atom stereocenters. The molecule has 1 aromatic heterocycles. The molecule has 2 rings (SSSR count). The first-order valence-corrected chi connectivity index (χ1v) is 5.25. The molecule has 0 bridgehead atoms. The molecule has 0 spiro atoms. The molecule has 1 aromatic carbocycles. The lowest BCUT2D eigenvalue weighted by Crippen LogP contribution is -3.00. The van der Waals surface area contributed by atoms with Gasteiger partial charge in [-0.2, -0.15) is 13.3 Å². The molecular weight excluding hydrogens is 240 g/mol. The second-order valence-electron chi connectivity index (χ2n) is 2.95. The van der Waals surface area contributed by atoms with Crippen LogP contribution in [0.1, 0.15) is 18.4 Å². The van der Waals surface area contributed by atoms with E-state index in [1.165, 1.54) is 11.3 Å². The molecule has 2 aromatic rings. The van der Waals surface area contributed by atoms with Crippen LogP contribution in [0.5, 0.6) is 0 Å². The van der Waals surface area contributed by atoms with Crippen molar-refractivity contribution < 1.29 is 25.8 Å². The Bertz CT molecular complexity index is 456. The maximum Gasteiger partial charge on any atom is 0.331 e. The lowest BCUT2D eigenvalue weighted by Gasteiger charge is -1.93. The fourth-order valence-electron chi connectivity index (χ4n) is 1.54. The standard InChI is InChI=1S/C10H10F2NS.ClH/c1-2-13-7-5-3-4-6-8(7)14-10(13)9(11)12;/h3-6,9H,2H2,1H3;1H/q+1;/p-1. The number of aromatic nitrogens is 1. The zero-order valence-electron chi connectivity index (χ0n) is 8.08. The van der Waals surface area contributed by atoms with Crippen molar-refractivity contribution >= 4 is 21.6 Å². The number of nitrogens with zero attached hydrogens (tertiary/aromatic N) is 1. The average molecular weight is 250 g/mol. The summed E-state index contributed by atoms with van der Waals surface area (Å²) >= 11 is 1.17. The van der Waals surface area contributed by atoms with E-state index < -0.39 is 6.43 Å². The molecule has 0 saturated heterocycles. The summed E-state index contributed by atoms with van der Waals surface area (Å²) in [5.41, 5.74) is 0.898. The Morgan fingerprint density at radius 2 is 2.00 bits per heavy atom. The second-order valence-corrected chi connectivity index (χ2v) is 4.02. The molecule has 82 valence electrons. The molecule has 0 saturated carbocycles. The molecule has 15 heavy (non-hydrogen) atoms. The second kappa shape index (κ2) is 4.86. The van der Waals surface area contributed by atoms with Crippen LogP contribution in [0, 0.1) is 0 Å². The third-order valence-corrected chi connectivity index (χ3v) is 3.31. The van der Waals surface area contributed by atoms with E-state index in [1.54, 1.807) is 4.57 Å². The Hall–Kier alpha value is -0.740. The first-order valence-electron chi connectivity index (χ1n) is 4.43. The summed E-state index contributed by atoms with van der Waals surface area (Å²) in [7, 11) is 0. The summed E-state index contributed by atoms with van der Waals surface area (Å²) in [4.78, 5) is 0. The van der Waals surface area contributed by atoms with Gasteiger partial charge in [-0.15, -0.1) is 0 Å². The number of alkyl halides is 2. The third-order valence-electron chi connectivity index (χ3n) is 2.14. The molecule has 5 heteroatoms. The number of fused-ring (bicyclic) bond motifs is 1. The van der Waals surface area contributed by atoms with Gasteiger partial charge in [0.25, 0.3) is 0 Å². The number of hydrogen-bond donors (Lipinski definition) is 0. The molecule has 0 aliphatic carbocycles. The van der Waals surface area contributed by atoms with Gasteiger partial charge < -0.3 is 12.4 Å². The van der Waals surface area contributed by atoms with Crippen molar-refractivity contribution in [3.05, 3.63) is 29.3 Å². The number of hydrogen-bond acceptors (Lipinski definition) is 1. The molecule has 0 radical (unpaired) electrons. The van der Waals surface area contributed by atoms with Crippen LogP contribution in [0.2, 0.25) is 0 Å². The molecule has 0 N–H and O–H groups in total. The van der Waals surface area contributed by atoms with Gasteiger partial charge in [-0.25, -0.2) is 0 Å². The van der Waals surface area contributed by atoms with Gasteiger partial charge in [-0.05, 0) is 13.0 Å². The van der Waals surface area contributed by atoms with E-state index in [2.05, 4.69) is 0 Å². The highest BCUT2D eigenvalue weighted by Crippen LogP contribution is 2.27. The SMILES string of the molecule is CC[n+]1c(C(F)F)sc2ccccc21.[Cl-]. The smallest absolute Gasteiger partial charge is 0.331 e. The molecule has 0 fully saturated rings. The van der Waals surface area contributed by atoms with E-state index in [0.717, 1.165) is 10.2 Å². The van der Waals surface area contributed by atoms with Gasteiger partial charge >= 0.3 is 11.4 Å². The van der Waals surface area contributed by atoms with Crippen molar-refractivity contribution in [2.24, 2.45) is 0 Å².